The SMILES string of the molecule is CC1=CC2C(=C(C)C)CCC(C)C2C(O)C1. The molecule has 2 rings (SSSR count). The van der Waals surface area contributed by atoms with E-state index < -0.39 is 0 Å². The Balaban J connectivity index is 2.39. The van der Waals surface area contributed by atoms with Gasteiger partial charge in [0.1, 0.15) is 0 Å². The number of hydrogen-bond donors (Lipinski definition) is 1. The van der Waals surface area contributed by atoms with E-state index in [1.807, 2.05) is 0 Å². The lowest BCUT2D eigenvalue weighted by Crippen LogP contribution is -2.39. The summed E-state index contributed by atoms with van der Waals surface area (Å²) in [5, 5.41) is 10.3. The van der Waals surface area contributed by atoms with Crippen LogP contribution < -0.4 is 0 Å². The van der Waals surface area contributed by atoms with E-state index in [9.17, 15) is 5.11 Å². The minimum absolute atomic E-state index is 0.125. The maximum absolute atomic E-state index is 10.3. The largest absolute Gasteiger partial charge is 0.392 e. The van der Waals surface area contributed by atoms with Gasteiger partial charge in [-0.15, -0.1) is 0 Å². The van der Waals surface area contributed by atoms with E-state index in [-0.39, 0.29) is 6.10 Å². The number of allylic oxidation sites excluding steroid dienone is 3. The molecule has 0 bridgehead atoms. The Morgan fingerprint density at radius 2 is 2.06 bits per heavy atom. The molecule has 16 heavy (non-hydrogen) atoms. The van der Waals surface area contributed by atoms with Gasteiger partial charge in [-0.2, -0.15) is 0 Å². The quantitative estimate of drug-likeness (QED) is 0.617. The second kappa shape index (κ2) is 4.37. The van der Waals surface area contributed by atoms with E-state index in [0.717, 1.165) is 6.42 Å². The normalized spacial score (nSPS) is 39.1. The molecule has 90 valence electrons. The second-order valence-electron chi connectivity index (χ2n) is 5.93. The van der Waals surface area contributed by atoms with Gasteiger partial charge in [-0.3, -0.25) is 0 Å². The average Bonchev–Trinajstić information content (AvgIpc) is 2.15. The molecule has 0 amide bonds. The number of aliphatic hydroxyl groups excluding tert-OH is 1. The van der Waals surface area contributed by atoms with Gasteiger partial charge in [-0.05, 0) is 51.9 Å². The highest BCUT2D eigenvalue weighted by Crippen LogP contribution is 2.46. The molecule has 1 saturated carbocycles. The van der Waals surface area contributed by atoms with Crippen LogP contribution in [0.4, 0.5) is 0 Å². The maximum Gasteiger partial charge on any atom is 0.0616 e. The predicted molar refractivity (Wildman–Crippen MR) is 68.1 cm³/mol. The molecular weight excluding hydrogens is 196 g/mol. The Kier molecular flexibility index (Phi) is 3.25. The van der Waals surface area contributed by atoms with Crippen molar-refractivity contribution in [2.75, 3.05) is 0 Å². The molecule has 1 nitrogen and oxygen atoms in total. The highest BCUT2D eigenvalue weighted by Gasteiger charge is 2.39. The van der Waals surface area contributed by atoms with Crippen molar-refractivity contribution in [3.05, 3.63) is 22.8 Å². The van der Waals surface area contributed by atoms with Crippen LogP contribution in [0, 0.1) is 17.8 Å². The Labute approximate surface area is 99.3 Å². The van der Waals surface area contributed by atoms with E-state index in [0.29, 0.717) is 17.8 Å². The molecule has 0 saturated heterocycles. The summed E-state index contributed by atoms with van der Waals surface area (Å²) in [7, 11) is 0. The first-order chi connectivity index (χ1) is 7.50. The summed E-state index contributed by atoms with van der Waals surface area (Å²) in [6.45, 7) is 8.89. The zero-order valence-electron chi connectivity index (χ0n) is 11.0. The molecule has 4 unspecified atom stereocenters. The van der Waals surface area contributed by atoms with Gasteiger partial charge in [-0.1, -0.05) is 29.7 Å². The van der Waals surface area contributed by atoms with Crippen molar-refractivity contribution in [3.8, 4) is 0 Å². The third-order valence-corrected chi connectivity index (χ3v) is 4.42. The number of fused-ring (bicyclic) bond motifs is 1. The average molecular weight is 220 g/mol. The first-order valence-corrected chi connectivity index (χ1v) is 6.52. The summed E-state index contributed by atoms with van der Waals surface area (Å²) in [5.41, 5.74) is 4.41. The van der Waals surface area contributed by atoms with Crippen LogP contribution in [-0.2, 0) is 0 Å². The van der Waals surface area contributed by atoms with Crippen LogP contribution in [0.3, 0.4) is 0 Å². The standard InChI is InChI=1S/C15H24O/c1-9(2)12-6-5-11(4)15-13(12)7-10(3)8-14(15)16/h7,11,13-16H,5-6,8H2,1-4H3. The topological polar surface area (TPSA) is 20.2 Å². The highest BCUT2D eigenvalue weighted by atomic mass is 16.3. The summed E-state index contributed by atoms with van der Waals surface area (Å²) in [4.78, 5) is 0. The van der Waals surface area contributed by atoms with Crippen molar-refractivity contribution in [1.82, 2.24) is 0 Å². The van der Waals surface area contributed by atoms with Crippen molar-refractivity contribution in [2.24, 2.45) is 17.8 Å². The van der Waals surface area contributed by atoms with Gasteiger partial charge < -0.3 is 5.11 Å². The molecule has 0 heterocycles. The van der Waals surface area contributed by atoms with Crippen LogP contribution in [0.1, 0.15) is 47.0 Å². The monoisotopic (exact) mass is 220 g/mol. The lowest BCUT2D eigenvalue weighted by Gasteiger charge is -2.43. The molecule has 0 radical (unpaired) electrons. The zero-order valence-corrected chi connectivity index (χ0v) is 11.0. The van der Waals surface area contributed by atoms with Gasteiger partial charge in [-0.25, -0.2) is 0 Å². The molecule has 0 aliphatic heterocycles. The molecular formula is C15H24O. The van der Waals surface area contributed by atoms with Crippen LogP contribution in [0.25, 0.3) is 0 Å². The smallest absolute Gasteiger partial charge is 0.0616 e. The fraction of sp³-hybridized carbons (Fsp3) is 0.733. The molecule has 1 heteroatoms. The second-order valence-corrected chi connectivity index (χ2v) is 5.93. The molecule has 0 aromatic carbocycles. The molecule has 4 atom stereocenters. The lowest BCUT2D eigenvalue weighted by atomic mass is 9.63. The van der Waals surface area contributed by atoms with E-state index in [2.05, 4.69) is 33.8 Å². The van der Waals surface area contributed by atoms with Crippen LogP contribution in [-0.4, -0.2) is 11.2 Å². The highest BCUT2D eigenvalue weighted by molar-refractivity contribution is 5.27. The van der Waals surface area contributed by atoms with Crippen LogP contribution >= 0.6 is 0 Å². The molecule has 0 aromatic rings. The number of hydrogen-bond acceptors (Lipinski definition) is 1. The van der Waals surface area contributed by atoms with Crippen molar-refractivity contribution in [1.29, 1.82) is 0 Å². The first-order valence-electron chi connectivity index (χ1n) is 6.52. The van der Waals surface area contributed by atoms with Crippen molar-refractivity contribution >= 4 is 0 Å². The van der Waals surface area contributed by atoms with Gasteiger partial charge >= 0.3 is 0 Å². The van der Waals surface area contributed by atoms with Crippen molar-refractivity contribution in [3.63, 3.8) is 0 Å². The van der Waals surface area contributed by atoms with Crippen LogP contribution in [0.15, 0.2) is 22.8 Å². The van der Waals surface area contributed by atoms with E-state index >= 15 is 0 Å². The molecule has 1 fully saturated rings. The van der Waals surface area contributed by atoms with Crippen LogP contribution in [0.5, 0.6) is 0 Å². The van der Waals surface area contributed by atoms with Gasteiger partial charge in [0.25, 0.3) is 0 Å². The maximum atomic E-state index is 10.3. The molecule has 2 aliphatic carbocycles. The Bertz CT molecular complexity index is 333. The molecule has 0 spiro atoms. The first kappa shape index (κ1) is 11.9. The van der Waals surface area contributed by atoms with Gasteiger partial charge in [0.15, 0.2) is 0 Å². The molecule has 2 aliphatic rings. The summed E-state index contributed by atoms with van der Waals surface area (Å²) in [6.07, 6.45) is 5.63. The summed E-state index contributed by atoms with van der Waals surface area (Å²) in [6, 6.07) is 0. The third kappa shape index (κ3) is 1.98. The summed E-state index contributed by atoms with van der Waals surface area (Å²) < 4.78 is 0. The Morgan fingerprint density at radius 1 is 1.38 bits per heavy atom. The van der Waals surface area contributed by atoms with Gasteiger partial charge in [0.05, 0.1) is 6.10 Å². The Hall–Kier alpha value is -0.560. The lowest BCUT2D eigenvalue weighted by molar-refractivity contribution is 0.0382. The van der Waals surface area contributed by atoms with Gasteiger partial charge in [0.2, 0.25) is 0 Å². The minimum atomic E-state index is -0.125. The fourth-order valence-electron chi connectivity index (χ4n) is 3.58. The molecule has 0 aromatic heterocycles. The molecule has 1 N–H and O–H groups in total. The van der Waals surface area contributed by atoms with E-state index in [1.54, 1.807) is 5.57 Å². The predicted octanol–water partition coefficient (Wildman–Crippen LogP) is 3.70. The van der Waals surface area contributed by atoms with Gasteiger partial charge in [0, 0.05) is 5.92 Å². The van der Waals surface area contributed by atoms with Crippen molar-refractivity contribution in [2.45, 2.75) is 53.1 Å². The third-order valence-electron chi connectivity index (χ3n) is 4.42. The number of rotatable bonds is 0. The fourth-order valence-corrected chi connectivity index (χ4v) is 3.58. The summed E-state index contributed by atoms with van der Waals surface area (Å²) in [5.74, 6) is 1.63. The minimum Gasteiger partial charge on any atom is -0.392 e. The van der Waals surface area contributed by atoms with E-state index in [1.165, 1.54) is 24.0 Å². The van der Waals surface area contributed by atoms with Crippen molar-refractivity contribution < 1.29 is 5.11 Å². The Morgan fingerprint density at radius 3 is 2.69 bits per heavy atom. The van der Waals surface area contributed by atoms with E-state index in [4.69, 9.17) is 0 Å². The summed E-state index contributed by atoms with van der Waals surface area (Å²) >= 11 is 0. The number of aliphatic hydroxyl groups is 1. The zero-order chi connectivity index (χ0) is 11.9. The van der Waals surface area contributed by atoms with Crippen LogP contribution in [0.2, 0.25) is 0 Å².